The van der Waals surface area contributed by atoms with Crippen LogP contribution in [0.2, 0.25) is 0 Å². The van der Waals surface area contributed by atoms with Gasteiger partial charge in [0.25, 0.3) is 0 Å². The van der Waals surface area contributed by atoms with E-state index in [9.17, 15) is 5.11 Å². The molecule has 1 saturated carbocycles. The molecule has 1 fully saturated rings. The molecule has 1 rings (SSSR count). The minimum absolute atomic E-state index is 0.518. The van der Waals surface area contributed by atoms with Gasteiger partial charge in [-0.15, -0.1) is 0 Å². The number of hydrogen-bond acceptors (Lipinski definition) is 2. The van der Waals surface area contributed by atoms with Gasteiger partial charge in [0, 0.05) is 12.6 Å². The van der Waals surface area contributed by atoms with Crippen molar-refractivity contribution in [2.75, 3.05) is 6.54 Å². The van der Waals surface area contributed by atoms with Crippen LogP contribution in [0, 0.1) is 5.92 Å². The van der Waals surface area contributed by atoms with Crippen molar-refractivity contribution in [1.82, 2.24) is 5.32 Å². The van der Waals surface area contributed by atoms with Crippen molar-refractivity contribution in [2.24, 2.45) is 5.92 Å². The maximum Gasteiger partial charge on any atom is 0.0743 e. The molecule has 0 amide bonds. The monoisotopic (exact) mass is 213 g/mol. The molecule has 0 bridgehead atoms. The zero-order chi connectivity index (χ0) is 11.3. The second-order valence-electron chi connectivity index (χ2n) is 5.60. The Bertz CT molecular complexity index is 179. The topological polar surface area (TPSA) is 32.3 Å². The summed E-state index contributed by atoms with van der Waals surface area (Å²) in [5.41, 5.74) is -0.518. The molecule has 1 aliphatic rings. The first-order valence-corrected chi connectivity index (χ1v) is 6.49. The van der Waals surface area contributed by atoms with Crippen LogP contribution in [0.5, 0.6) is 0 Å². The summed E-state index contributed by atoms with van der Waals surface area (Å²) in [6, 6.07) is 0.636. The highest BCUT2D eigenvalue weighted by Crippen LogP contribution is 2.24. The Labute approximate surface area is 94.5 Å². The Morgan fingerprint density at radius 3 is 2.73 bits per heavy atom. The van der Waals surface area contributed by atoms with Gasteiger partial charge in [-0.25, -0.2) is 0 Å². The van der Waals surface area contributed by atoms with Crippen LogP contribution >= 0.6 is 0 Å². The zero-order valence-corrected chi connectivity index (χ0v) is 10.6. The van der Waals surface area contributed by atoms with Crippen molar-refractivity contribution in [3.63, 3.8) is 0 Å². The number of hydrogen-bond donors (Lipinski definition) is 2. The largest absolute Gasteiger partial charge is 0.389 e. The van der Waals surface area contributed by atoms with Crippen molar-refractivity contribution in [2.45, 2.75) is 70.9 Å². The smallest absolute Gasteiger partial charge is 0.0743 e. The molecule has 0 aromatic carbocycles. The molecule has 3 atom stereocenters. The van der Waals surface area contributed by atoms with E-state index in [-0.39, 0.29) is 0 Å². The van der Waals surface area contributed by atoms with Gasteiger partial charge < -0.3 is 10.4 Å². The van der Waals surface area contributed by atoms with Crippen LogP contribution in [-0.2, 0) is 0 Å². The SMILES string of the molecule is CCCC(C)(O)CNC1CCCC(C)C1. The summed E-state index contributed by atoms with van der Waals surface area (Å²) in [5.74, 6) is 0.854. The number of aliphatic hydroxyl groups is 1. The summed E-state index contributed by atoms with van der Waals surface area (Å²) >= 11 is 0. The summed E-state index contributed by atoms with van der Waals surface area (Å²) < 4.78 is 0. The predicted molar refractivity (Wildman–Crippen MR) is 65.0 cm³/mol. The van der Waals surface area contributed by atoms with Crippen molar-refractivity contribution in [1.29, 1.82) is 0 Å². The molecule has 2 N–H and O–H groups in total. The first-order valence-electron chi connectivity index (χ1n) is 6.49. The van der Waals surface area contributed by atoms with Crippen molar-refractivity contribution in [3.05, 3.63) is 0 Å². The molecule has 0 radical (unpaired) electrons. The molecule has 15 heavy (non-hydrogen) atoms. The van der Waals surface area contributed by atoms with Gasteiger partial charge in [0.15, 0.2) is 0 Å². The van der Waals surface area contributed by atoms with E-state index >= 15 is 0 Å². The van der Waals surface area contributed by atoms with E-state index in [1.165, 1.54) is 25.7 Å². The fourth-order valence-electron chi connectivity index (χ4n) is 2.61. The third-order valence-corrected chi connectivity index (χ3v) is 3.50. The maximum absolute atomic E-state index is 10.0. The molecule has 2 heteroatoms. The van der Waals surface area contributed by atoms with E-state index in [2.05, 4.69) is 19.2 Å². The highest BCUT2D eigenvalue weighted by Gasteiger charge is 2.23. The second kappa shape index (κ2) is 5.86. The fourth-order valence-corrected chi connectivity index (χ4v) is 2.61. The molecule has 0 saturated heterocycles. The van der Waals surface area contributed by atoms with Gasteiger partial charge in [0.2, 0.25) is 0 Å². The molecular formula is C13H27NO. The lowest BCUT2D eigenvalue weighted by molar-refractivity contribution is 0.0448. The highest BCUT2D eigenvalue weighted by atomic mass is 16.3. The Hall–Kier alpha value is -0.0800. The van der Waals surface area contributed by atoms with Crippen LogP contribution in [0.4, 0.5) is 0 Å². The lowest BCUT2D eigenvalue weighted by Gasteiger charge is -2.31. The highest BCUT2D eigenvalue weighted by molar-refractivity contribution is 4.81. The first-order chi connectivity index (χ1) is 7.03. The van der Waals surface area contributed by atoms with Gasteiger partial charge in [0.05, 0.1) is 5.60 Å². The molecule has 0 spiro atoms. The van der Waals surface area contributed by atoms with Gasteiger partial charge >= 0.3 is 0 Å². The predicted octanol–water partition coefficient (Wildman–Crippen LogP) is 2.71. The van der Waals surface area contributed by atoms with Gasteiger partial charge in [0.1, 0.15) is 0 Å². The van der Waals surface area contributed by atoms with Gasteiger partial charge in [-0.2, -0.15) is 0 Å². The van der Waals surface area contributed by atoms with Crippen molar-refractivity contribution < 1.29 is 5.11 Å². The number of rotatable bonds is 5. The maximum atomic E-state index is 10.0. The molecule has 3 unspecified atom stereocenters. The van der Waals surface area contributed by atoms with Crippen LogP contribution in [0.25, 0.3) is 0 Å². The summed E-state index contributed by atoms with van der Waals surface area (Å²) in [4.78, 5) is 0. The summed E-state index contributed by atoms with van der Waals surface area (Å²) in [5, 5.41) is 13.6. The van der Waals surface area contributed by atoms with E-state index < -0.39 is 5.60 Å². The van der Waals surface area contributed by atoms with E-state index in [1.54, 1.807) is 0 Å². The molecular weight excluding hydrogens is 186 g/mol. The fraction of sp³-hybridized carbons (Fsp3) is 1.00. The molecule has 0 heterocycles. The van der Waals surface area contributed by atoms with E-state index in [4.69, 9.17) is 0 Å². The van der Waals surface area contributed by atoms with Crippen LogP contribution in [0.1, 0.15) is 59.3 Å². The van der Waals surface area contributed by atoms with E-state index in [0.29, 0.717) is 6.04 Å². The third kappa shape index (κ3) is 4.98. The minimum atomic E-state index is -0.518. The molecule has 0 aromatic heterocycles. The van der Waals surface area contributed by atoms with E-state index in [0.717, 1.165) is 25.3 Å². The van der Waals surface area contributed by atoms with Crippen LogP contribution in [-0.4, -0.2) is 23.3 Å². The van der Waals surface area contributed by atoms with E-state index in [1.807, 2.05) is 6.92 Å². The average Bonchev–Trinajstić information content (AvgIpc) is 2.15. The molecule has 0 aromatic rings. The Morgan fingerprint density at radius 1 is 1.40 bits per heavy atom. The van der Waals surface area contributed by atoms with Crippen molar-refractivity contribution in [3.8, 4) is 0 Å². The lowest BCUT2D eigenvalue weighted by atomic mass is 9.86. The lowest BCUT2D eigenvalue weighted by Crippen LogP contribution is -2.44. The second-order valence-corrected chi connectivity index (χ2v) is 5.60. The minimum Gasteiger partial charge on any atom is -0.389 e. The normalized spacial score (nSPS) is 31.2. The van der Waals surface area contributed by atoms with Gasteiger partial charge in [-0.05, 0) is 32.1 Å². The average molecular weight is 213 g/mol. The summed E-state index contributed by atoms with van der Waals surface area (Å²) in [6.45, 7) is 7.14. The van der Waals surface area contributed by atoms with Crippen LogP contribution < -0.4 is 5.32 Å². The third-order valence-electron chi connectivity index (χ3n) is 3.50. The zero-order valence-electron chi connectivity index (χ0n) is 10.6. The number of nitrogens with one attached hydrogen (secondary N) is 1. The summed E-state index contributed by atoms with van der Waals surface area (Å²) in [6.07, 6.45) is 7.23. The Balaban J connectivity index is 2.23. The Kier molecular flexibility index (Phi) is 5.07. The van der Waals surface area contributed by atoms with Gasteiger partial charge in [-0.3, -0.25) is 0 Å². The van der Waals surface area contributed by atoms with Crippen molar-refractivity contribution >= 4 is 0 Å². The first kappa shape index (κ1) is 13.0. The molecule has 2 nitrogen and oxygen atoms in total. The molecule has 1 aliphatic carbocycles. The van der Waals surface area contributed by atoms with Gasteiger partial charge in [-0.1, -0.05) is 33.1 Å². The molecule has 0 aliphatic heterocycles. The Morgan fingerprint density at radius 2 is 2.13 bits per heavy atom. The van der Waals surface area contributed by atoms with Crippen LogP contribution in [0.15, 0.2) is 0 Å². The quantitative estimate of drug-likeness (QED) is 0.736. The standard InChI is InChI=1S/C13H27NO/c1-4-8-13(3,15)10-14-12-7-5-6-11(2)9-12/h11-12,14-15H,4-10H2,1-3H3. The van der Waals surface area contributed by atoms with Crippen LogP contribution in [0.3, 0.4) is 0 Å². The summed E-state index contributed by atoms with van der Waals surface area (Å²) in [7, 11) is 0. The molecule has 90 valence electrons.